The number of nitrogens with zero attached hydrogens (tertiary/aromatic N) is 1. The van der Waals surface area contributed by atoms with Gasteiger partial charge >= 0.3 is 0 Å². The monoisotopic (exact) mass is 282 g/mol. The number of nitrogens with one attached hydrogen (secondary N) is 1. The average molecular weight is 282 g/mol. The fourth-order valence-electron chi connectivity index (χ4n) is 1.94. The van der Waals surface area contributed by atoms with Crippen LogP contribution in [0.15, 0.2) is 17.5 Å². The maximum atomic E-state index is 3.55. The van der Waals surface area contributed by atoms with E-state index in [1.54, 1.807) is 0 Å². The fraction of sp³-hybridized carbons (Fsp3) is 0.750. The molecule has 1 atom stereocenters. The van der Waals surface area contributed by atoms with E-state index in [1.807, 2.05) is 11.3 Å². The molecule has 19 heavy (non-hydrogen) atoms. The molecule has 0 fully saturated rings. The minimum atomic E-state index is 0.436. The lowest BCUT2D eigenvalue weighted by Gasteiger charge is -2.25. The maximum absolute atomic E-state index is 3.55. The van der Waals surface area contributed by atoms with E-state index < -0.39 is 0 Å². The van der Waals surface area contributed by atoms with Gasteiger partial charge in [0.15, 0.2) is 0 Å². The van der Waals surface area contributed by atoms with Gasteiger partial charge in [-0.1, -0.05) is 26.8 Å². The lowest BCUT2D eigenvalue weighted by Crippen LogP contribution is -2.37. The molecule has 0 radical (unpaired) electrons. The summed E-state index contributed by atoms with van der Waals surface area (Å²) in [5.74, 6) is 0. The minimum Gasteiger partial charge on any atom is -0.315 e. The zero-order chi connectivity index (χ0) is 14.3. The minimum absolute atomic E-state index is 0.436. The van der Waals surface area contributed by atoms with Crippen LogP contribution in [-0.2, 0) is 6.42 Å². The van der Waals surface area contributed by atoms with Crippen LogP contribution in [-0.4, -0.2) is 37.6 Å². The van der Waals surface area contributed by atoms with E-state index in [0.717, 1.165) is 26.1 Å². The predicted molar refractivity (Wildman–Crippen MR) is 87.1 cm³/mol. The van der Waals surface area contributed by atoms with Crippen LogP contribution in [0.1, 0.15) is 39.0 Å². The summed E-state index contributed by atoms with van der Waals surface area (Å²) in [5, 5.41) is 5.71. The van der Waals surface area contributed by atoms with Crippen molar-refractivity contribution in [3.8, 4) is 0 Å². The molecule has 110 valence electrons. The number of hydrogen-bond acceptors (Lipinski definition) is 3. The van der Waals surface area contributed by atoms with Crippen LogP contribution in [0.25, 0.3) is 0 Å². The van der Waals surface area contributed by atoms with Crippen molar-refractivity contribution in [2.45, 2.75) is 46.6 Å². The third-order valence-corrected chi connectivity index (χ3v) is 4.42. The summed E-state index contributed by atoms with van der Waals surface area (Å²) < 4.78 is 0. The molecule has 1 aromatic rings. The summed E-state index contributed by atoms with van der Waals surface area (Å²) in [6, 6.07) is 4.99. The van der Waals surface area contributed by atoms with Gasteiger partial charge in [-0.3, -0.25) is 0 Å². The lowest BCUT2D eigenvalue weighted by atomic mass is 9.92. The van der Waals surface area contributed by atoms with Crippen LogP contribution in [0.3, 0.4) is 0 Å². The van der Waals surface area contributed by atoms with Gasteiger partial charge in [0.1, 0.15) is 0 Å². The van der Waals surface area contributed by atoms with Crippen molar-refractivity contribution in [1.29, 1.82) is 0 Å². The highest BCUT2D eigenvalue weighted by atomic mass is 32.1. The quantitative estimate of drug-likeness (QED) is 0.732. The Morgan fingerprint density at radius 2 is 2.05 bits per heavy atom. The van der Waals surface area contributed by atoms with E-state index in [2.05, 4.69) is 62.5 Å². The highest BCUT2D eigenvalue weighted by Crippen LogP contribution is 2.17. The van der Waals surface area contributed by atoms with Gasteiger partial charge in [-0.05, 0) is 50.2 Å². The average Bonchev–Trinajstić information content (AvgIpc) is 2.79. The van der Waals surface area contributed by atoms with Gasteiger partial charge in [0.2, 0.25) is 0 Å². The molecule has 1 heterocycles. The first-order chi connectivity index (χ1) is 8.88. The molecule has 3 heteroatoms. The SMILES string of the molecule is CC(Cc1cccs1)N(C)CCNCCC(C)(C)C. The van der Waals surface area contributed by atoms with Crippen molar-refractivity contribution < 1.29 is 0 Å². The summed E-state index contributed by atoms with van der Waals surface area (Å²) in [7, 11) is 2.23. The van der Waals surface area contributed by atoms with Crippen molar-refractivity contribution in [3.63, 3.8) is 0 Å². The van der Waals surface area contributed by atoms with Gasteiger partial charge in [-0.2, -0.15) is 0 Å². The second-order valence-electron chi connectivity index (χ2n) is 6.67. The summed E-state index contributed by atoms with van der Waals surface area (Å²) in [4.78, 5) is 3.93. The molecule has 0 aromatic carbocycles. The Morgan fingerprint density at radius 3 is 2.63 bits per heavy atom. The molecular weight excluding hydrogens is 252 g/mol. The van der Waals surface area contributed by atoms with Crippen molar-refractivity contribution in [2.24, 2.45) is 5.41 Å². The Bertz CT molecular complexity index is 327. The van der Waals surface area contributed by atoms with Gasteiger partial charge in [0, 0.05) is 24.0 Å². The standard InChI is InChI=1S/C16H30N2S/c1-14(13-15-7-6-12-19-15)18(5)11-10-17-9-8-16(2,3)4/h6-7,12,14,17H,8-11,13H2,1-5H3. The first-order valence-corrected chi connectivity index (χ1v) is 8.20. The van der Waals surface area contributed by atoms with Crippen molar-refractivity contribution in [3.05, 3.63) is 22.4 Å². The zero-order valence-electron chi connectivity index (χ0n) is 13.2. The van der Waals surface area contributed by atoms with Crippen molar-refractivity contribution in [1.82, 2.24) is 10.2 Å². The summed E-state index contributed by atoms with van der Waals surface area (Å²) in [6.07, 6.45) is 2.40. The molecule has 0 amide bonds. The molecular formula is C16H30N2S. The molecule has 0 spiro atoms. The molecule has 0 aliphatic carbocycles. The van der Waals surface area contributed by atoms with Gasteiger partial charge < -0.3 is 10.2 Å². The Kier molecular flexibility index (Phi) is 7.05. The van der Waals surface area contributed by atoms with E-state index in [-0.39, 0.29) is 0 Å². The Hall–Kier alpha value is -0.380. The second-order valence-corrected chi connectivity index (χ2v) is 7.71. The van der Waals surface area contributed by atoms with E-state index in [9.17, 15) is 0 Å². The van der Waals surface area contributed by atoms with E-state index in [1.165, 1.54) is 11.3 Å². The van der Waals surface area contributed by atoms with E-state index >= 15 is 0 Å². The second kappa shape index (κ2) is 8.03. The number of hydrogen-bond donors (Lipinski definition) is 1. The summed E-state index contributed by atoms with van der Waals surface area (Å²) >= 11 is 1.86. The lowest BCUT2D eigenvalue weighted by molar-refractivity contribution is 0.254. The fourth-order valence-corrected chi connectivity index (χ4v) is 2.77. The molecule has 0 bridgehead atoms. The normalized spacial score (nSPS) is 14.0. The summed E-state index contributed by atoms with van der Waals surface area (Å²) in [6.45, 7) is 12.5. The third-order valence-electron chi connectivity index (χ3n) is 3.52. The smallest absolute Gasteiger partial charge is 0.0113 e. The van der Waals surface area contributed by atoms with Crippen LogP contribution in [0.4, 0.5) is 0 Å². The zero-order valence-corrected chi connectivity index (χ0v) is 14.0. The Balaban J connectivity index is 2.11. The van der Waals surface area contributed by atoms with E-state index in [4.69, 9.17) is 0 Å². The highest BCUT2D eigenvalue weighted by Gasteiger charge is 2.11. The largest absolute Gasteiger partial charge is 0.315 e. The molecule has 0 aliphatic heterocycles. The van der Waals surface area contributed by atoms with Gasteiger partial charge in [0.05, 0.1) is 0 Å². The molecule has 0 saturated carbocycles. The number of thiophene rings is 1. The molecule has 2 nitrogen and oxygen atoms in total. The summed E-state index contributed by atoms with van der Waals surface area (Å²) in [5.41, 5.74) is 0.436. The number of rotatable bonds is 8. The molecule has 1 unspecified atom stereocenters. The molecule has 1 rings (SSSR count). The van der Waals surface area contributed by atoms with E-state index in [0.29, 0.717) is 11.5 Å². The van der Waals surface area contributed by atoms with Gasteiger partial charge in [0.25, 0.3) is 0 Å². The molecule has 1 aromatic heterocycles. The Labute approximate surface area is 123 Å². The van der Waals surface area contributed by atoms with Crippen LogP contribution in [0, 0.1) is 5.41 Å². The number of likely N-dealkylation sites (N-methyl/N-ethyl adjacent to an activating group) is 1. The maximum Gasteiger partial charge on any atom is 0.0113 e. The van der Waals surface area contributed by atoms with Gasteiger partial charge in [-0.25, -0.2) is 0 Å². The van der Waals surface area contributed by atoms with Crippen molar-refractivity contribution in [2.75, 3.05) is 26.7 Å². The molecule has 1 N–H and O–H groups in total. The first-order valence-electron chi connectivity index (χ1n) is 7.32. The van der Waals surface area contributed by atoms with Crippen LogP contribution in [0.5, 0.6) is 0 Å². The Morgan fingerprint density at radius 1 is 1.32 bits per heavy atom. The molecule has 0 saturated heterocycles. The van der Waals surface area contributed by atoms with Crippen molar-refractivity contribution >= 4 is 11.3 Å². The van der Waals surface area contributed by atoms with Crippen LogP contribution < -0.4 is 5.32 Å². The highest BCUT2D eigenvalue weighted by molar-refractivity contribution is 7.09. The third kappa shape index (κ3) is 7.71. The van der Waals surface area contributed by atoms with Gasteiger partial charge in [-0.15, -0.1) is 11.3 Å². The predicted octanol–water partition coefficient (Wildman–Crippen LogP) is 3.64. The molecule has 0 aliphatic rings. The topological polar surface area (TPSA) is 15.3 Å². The first kappa shape index (κ1) is 16.7. The van der Waals surface area contributed by atoms with Crippen LogP contribution in [0.2, 0.25) is 0 Å². The van der Waals surface area contributed by atoms with Crippen LogP contribution >= 0.6 is 11.3 Å².